The fraction of sp³-hybridized carbons (Fsp3) is 0.625. The summed E-state index contributed by atoms with van der Waals surface area (Å²) >= 11 is 0. The van der Waals surface area contributed by atoms with E-state index in [0.29, 0.717) is 6.04 Å². The Morgan fingerprint density at radius 2 is 2.14 bits per heavy atom. The van der Waals surface area contributed by atoms with E-state index in [4.69, 9.17) is 0 Å². The Hall–Kier alpha value is -1.62. The lowest BCUT2D eigenvalue weighted by atomic mass is 10.2. The van der Waals surface area contributed by atoms with Crippen LogP contribution in [0.25, 0.3) is 0 Å². The second-order valence-corrected chi connectivity index (χ2v) is 5.63. The Morgan fingerprint density at radius 3 is 2.86 bits per heavy atom. The molecule has 5 heteroatoms. The third kappa shape index (κ3) is 3.94. The van der Waals surface area contributed by atoms with Crippen molar-refractivity contribution in [3.63, 3.8) is 0 Å². The Morgan fingerprint density at radius 1 is 1.33 bits per heavy atom. The van der Waals surface area contributed by atoms with Crippen LogP contribution in [0.1, 0.15) is 56.6 Å². The van der Waals surface area contributed by atoms with Crippen LogP contribution in [-0.2, 0) is 13.1 Å². The van der Waals surface area contributed by atoms with Gasteiger partial charge in [-0.05, 0) is 39.3 Å². The SMILES string of the molecule is CCCNCc1cnn(Cc2ccn(C(C)CC)n2)c1C. The zero-order valence-electron chi connectivity index (χ0n) is 13.6. The van der Waals surface area contributed by atoms with Crippen molar-refractivity contribution in [2.45, 2.75) is 59.7 Å². The molecule has 1 unspecified atom stereocenters. The van der Waals surface area contributed by atoms with Crippen LogP contribution in [0.3, 0.4) is 0 Å². The van der Waals surface area contributed by atoms with Crippen molar-refractivity contribution in [1.29, 1.82) is 0 Å². The van der Waals surface area contributed by atoms with E-state index in [9.17, 15) is 0 Å². The first-order valence-electron chi connectivity index (χ1n) is 7.91. The highest BCUT2D eigenvalue weighted by Gasteiger charge is 2.09. The number of hydrogen-bond donors (Lipinski definition) is 1. The number of rotatable bonds is 8. The van der Waals surface area contributed by atoms with Gasteiger partial charge in [0.2, 0.25) is 0 Å². The molecule has 2 aromatic rings. The van der Waals surface area contributed by atoms with Crippen molar-refractivity contribution < 1.29 is 0 Å². The van der Waals surface area contributed by atoms with E-state index in [1.54, 1.807) is 0 Å². The van der Waals surface area contributed by atoms with Gasteiger partial charge in [-0.3, -0.25) is 9.36 Å². The standard InChI is InChI=1S/C16H27N5/c1-5-8-17-10-15-11-18-21(14(15)4)12-16-7-9-20(19-16)13(3)6-2/h7,9,11,13,17H,5-6,8,10,12H2,1-4H3. The van der Waals surface area contributed by atoms with E-state index < -0.39 is 0 Å². The smallest absolute Gasteiger partial charge is 0.0852 e. The van der Waals surface area contributed by atoms with Crippen LogP contribution >= 0.6 is 0 Å². The van der Waals surface area contributed by atoms with Gasteiger partial charge in [0.05, 0.1) is 18.4 Å². The molecule has 0 fully saturated rings. The molecule has 2 heterocycles. The largest absolute Gasteiger partial charge is 0.313 e. The molecule has 0 radical (unpaired) electrons. The van der Waals surface area contributed by atoms with Crippen molar-refractivity contribution in [3.05, 3.63) is 35.4 Å². The average molecular weight is 289 g/mol. The summed E-state index contributed by atoms with van der Waals surface area (Å²) in [6, 6.07) is 2.54. The first-order valence-corrected chi connectivity index (χ1v) is 7.91. The third-order valence-electron chi connectivity index (χ3n) is 3.96. The van der Waals surface area contributed by atoms with E-state index in [1.807, 2.05) is 15.6 Å². The number of nitrogens with one attached hydrogen (secondary N) is 1. The molecule has 2 rings (SSSR count). The highest BCUT2D eigenvalue weighted by atomic mass is 15.3. The summed E-state index contributed by atoms with van der Waals surface area (Å²) in [5, 5.41) is 12.6. The van der Waals surface area contributed by atoms with Crippen LogP contribution in [0.5, 0.6) is 0 Å². The highest BCUT2D eigenvalue weighted by Crippen LogP contribution is 2.12. The minimum Gasteiger partial charge on any atom is -0.313 e. The van der Waals surface area contributed by atoms with Crippen molar-refractivity contribution >= 4 is 0 Å². The van der Waals surface area contributed by atoms with Gasteiger partial charge in [0.15, 0.2) is 0 Å². The van der Waals surface area contributed by atoms with Gasteiger partial charge in [0.25, 0.3) is 0 Å². The second-order valence-electron chi connectivity index (χ2n) is 5.63. The van der Waals surface area contributed by atoms with Crippen LogP contribution in [0.2, 0.25) is 0 Å². The molecule has 1 atom stereocenters. The monoisotopic (exact) mass is 289 g/mol. The molecule has 0 saturated carbocycles. The van der Waals surface area contributed by atoms with Gasteiger partial charge in [0.1, 0.15) is 0 Å². The van der Waals surface area contributed by atoms with Crippen LogP contribution in [-0.4, -0.2) is 26.1 Å². The molecule has 0 saturated heterocycles. The first kappa shape index (κ1) is 15.8. The van der Waals surface area contributed by atoms with Gasteiger partial charge in [-0.25, -0.2) is 0 Å². The maximum absolute atomic E-state index is 4.64. The summed E-state index contributed by atoms with van der Waals surface area (Å²) in [5.41, 5.74) is 3.55. The zero-order chi connectivity index (χ0) is 15.2. The van der Waals surface area contributed by atoms with Crippen LogP contribution in [0, 0.1) is 6.92 Å². The third-order valence-corrected chi connectivity index (χ3v) is 3.96. The molecule has 5 nitrogen and oxygen atoms in total. The fourth-order valence-electron chi connectivity index (χ4n) is 2.27. The van der Waals surface area contributed by atoms with Crippen molar-refractivity contribution in [1.82, 2.24) is 24.9 Å². The molecule has 0 aliphatic carbocycles. The summed E-state index contributed by atoms with van der Waals surface area (Å²) in [7, 11) is 0. The maximum atomic E-state index is 4.64. The van der Waals surface area contributed by atoms with Crippen LogP contribution in [0.15, 0.2) is 18.5 Å². The summed E-state index contributed by atoms with van der Waals surface area (Å²) in [5.74, 6) is 0. The van der Waals surface area contributed by atoms with Crippen molar-refractivity contribution in [3.8, 4) is 0 Å². The number of hydrogen-bond acceptors (Lipinski definition) is 3. The average Bonchev–Trinajstić information content (AvgIpc) is 3.08. The van der Waals surface area contributed by atoms with E-state index in [-0.39, 0.29) is 0 Å². The topological polar surface area (TPSA) is 47.7 Å². The summed E-state index contributed by atoms with van der Waals surface area (Å²) in [4.78, 5) is 0. The normalized spacial score (nSPS) is 12.8. The summed E-state index contributed by atoms with van der Waals surface area (Å²) in [6.45, 7) is 11.3. The minimum absolute atomic E-state index is 0.450. The van der Waals surface area contributed by atoms with E-state index in [1.165, 1.54) is 11.3 Å². The lowest BCUT2D eigenvalue weighted by Gasteiger charge is -2.08. The Bertz CT molecular complexity index is 555. The van der Waals surface area contributed by atoms with Gasteiger partial charge >= 0.3 is 0 Å². The van der Waals surface area contributed by atoms with Crippen LogP contribution in [0.4, 0.5) is 0 Å². The van der Waals surface area contributed by atoms with Crippen molar-refractivity contribution in [2.75, 3.05) is 6.54 Å². The van der Waals surface area contributed by atoms with E-state index in [0.717, 1.165) is 38.2 Å². The van der Waals surface area contributed by atoms with Gasteiger partial charge in [0, 0.05) is 30.0 Å². The van der Waals surface area contributed by atoms with Gasteiger partial charge in [-0.15, -0.1) is 0 Å². The summed E-state index contributed by atoms with van der Waals surface area (Å²) < 4.78 is 4.07. The molecular formula is C16H27N5. The molecule has 2 aromatic heterocycles. The Kier molecular flexibility index (Phi) is 5.56. The predicted octanol–water partition coefficient (Wildman–Crippen LogP) is 2.91. The molecular weight excluding hydrogens is 262 g/mol. The maximum Gasteiger partial charge on any atom is 0.0852 e. The van der Waals surface area contributed by atoms with Crippen LogP contribution < -0.4 is 5.32 Å². The molecule has 0 spiro atoms. The van der Waals surface area contributed by atoms with Gasteiger partial charge in [-0.2, -0.15) is 10.2 Å². The second kappa shape index (κ2) is 7.41. The number of nitrogens with zero attached hydrogens (tertiary/aromatic N) is 4. The molecule has 0 aliphatic heterocycles. The van der Waals surface area contributed by atoms with Crippen molar-refractivity contribution in [2.24, 2.45) is 0 Å². The zero-order valence-corrected chi connectivity index (χ0v) is 13.6. The van der Waals surface area contributed by atoms with E-state index in [2.05, 4.69) is 55.5 Å². The first-order chi connectivity index (χ1) is 10.2. The minimum atomic E-state index is 0.450. The molecule has 1 N–H and O–H groups in total. The lowest BCUT2D eigenvalue weighted by Crippen LogP contribution is -2.14. The molecule has 0 aromatic carbocycles. The molecule has 0 amide bonds. The predicted molar refractivity (Wildman–Crippen MR) is 85.3 cm³/mol. The molecule has 21 heavy (non-hydrogen) atoms. The van der Waals surface area contributed by atoms with E-state index >= 15 is 0 Å². The van der Waals surface area contributed by atoms with Gasteiger partial charge < -0.3 is 5.32 Å². The molecule has 116 valence electrons. The van der Waals surface area contributed by atoms with Gasteiger partial charge in [-0.1, -0.05) is 13.8 Å². The fourth-order valence-corrected chi connectivity index (χ4v) is 2.27. The Balaban J connectivity index is 2.01. The lowest BCUT2D eigenvalue weighted by molar-refractivity contribution is 0.470. The molecule has 0 aliphatic rings. The number of aromatic nitrogens is 4. The summed E-state index contributed by atoms with van der Waals surface area (Å²) in [6.07, 6.45) is 6.27. The highest BCUT2D eigenvalue weighted by molar-refractivity contribution is 5.17. The Labute approximate surface area is 127 Å². The quantitative estimate of drug-likeness (QED) is 0.760. The molecule has 0 bridgehead atoms.